The van der Waals surface area contributed by atoms with Gasteiger partial charge in [-0.2, -0.15) is 0 Å². The van der Waals surface area contributed by atoms with Crippen molar-refractivity contribution < 1.29 is 14.7 Å². The lowest BCUT2D eigenvalue weighted by Gasteiger charge is -2.29. The van der Waals surface area contributed by atoms with Crippen LogP contribution in [0.4, 0.5) is 0 Å². The highest BCUT2D eigenvalue weighted by molar-refractivity contribution is 5.83. The third-order valence-electron chi connectivity index (χ3n) is 2.99. The molecule has 0 aliphatic heterocycles. The summed E-state index contributed by atoms with van der Waals surface area (Å²) in [6, 6.07) is 0. The molecule has 0 aromatic rings. The molecule has 0 bridgehead atoms. The maximum Gasteiger partial charge on any atom is 0.239 e. The van der Waals surface area contributed by atoms with E-state index in [1.165, 1.54) is 6.92 Å². The van der Waals surface area contributed by atoms with Gasteiger partial charge in [0.1, 0.15) is 0 Å². The Balaban J connectivity index is 4.01. The van der Waals surface area contributed by atoms with Crippen molar-refractivity contribution in [2.45, 2.75) is 33.6 Å². The van der Waals surface area contributed by atoms with Crippen LogP contribution in [0.2, 0.25) is 0 Å². The Morgan fingerprint density at radius 2 is 1.75 bits per heavy atom. The van der Waals surface area contributed by atoms with Crippen molar-refractivity contribution in [2.75, 3.05) is 19.7 Å². The van der Waals surface area contributed by atoms with Crippen LogP contribution < -0.4 is 10.6 Å². The van der Waals surface area contributed by atoms with Crippen molar-refractivity contribution in [1.29, 1.82) is 0 Å². The van der Waals surface area contributed by atoms with E-state index in [1.54, 1.807) is 0 Å². The number of aliphatic hydroxyl groups excluding tert-OH is 1. The average Bonchev–Trinajstić information content (AvgIpc) is 2.29. The van der Waals surface area contributed by atoms with Crippen LogP contribution in [-0.2, 0) is 9.59 Å². The molecule has 0 radical (unpaired) electrons. The van der Waals surface area contributed by atoms with E-state index < -0.39 is 0 Å². The maximum absolute atomic E-state index is 11.3. The van der Waals surface area contributed by atoms with Crippen LogP contribution in [-0.4, -0.2) is 36.6 Å². The van der Waals surface area contributed by atoms with Crippen molar-refractivity contribution in [3.05, 3.63) is 0 Å². The Morgan fingerprint density at radius 3 is 2.12 bits per heavy atom. The molecule has 0 saturated carbocycles. The third kappa shape index (κ3) is 5.11. The van der Waals surface area contributed by atoms with Crippen LogP contribution in [0.25, 0.3) is 0 Å². The number of hydrogen-bond acceptors (Lipinski definition) is 3. The summed E-state index contributed by atoms with van der Waals surface area (Å²) in [6.45, 7) is 5.82. The van der Waals surface area contributed by atoms with Gasteiger partial charge in [-0.05, 0) is 12.8 Å². The van der Waals surface area contributed by atoms with Crippen LogP contribution in [0.15, 0.2) is 0 Å². The normalized spacial score (nSPS) is 11.0. The van der Waals surface area contributed by atoms with Crippen molar-refractivity contribution in [1.82, 2.24) is 10.6 Å². The van der Waals surface area contributed by atoms with Crippen LogP contribution in [0.3, 0.4) is 0 Å². The predicted octanol–water partition coefficient (Wildman–Crippen LogP) is 0.0374. The molecule has 5 heteroatoms. The van der Waals surface area contributed by atoms with Gasteiger partial charge < -0.3 is 15.7 Å². The summed E-state index contributed by atoms with van der Waals surface area (Å²) in [4.78, 5) is 21.9. The molecule has 0 aromatic heterocycles. The van der Waals surface area contributed by atoms with Crippen molar-refractivity contribution >= 4 is 11.8 Å². The van der Waals surface area contributed by atoms with Crippen LogP contribution >= 0.6 is 0 Å². The summed E-state index contributed by atoms with van der Waals surface area (Å²) >= 11 is 0. The largest absolute Gasteiger partial charge is 0.396 e. The fraction of sp³-hybridized carbons (Fsp3) is 0.818. The second kappa shape index (κ2) is 7.22. The van der Waals surface area contributed by atoms with E-state index in [9.17, 15) is 14.7 Å². The van der Waals surface area contributed by atoms with E-state index in [1.807, 2.05) is 13.8 Å². The Labute approximate surface area is 96.6 Å². The Hall–Kier alpha value is -1.10. The highest BCUT2D eigenvalue weighted by Gasteiger charge is 2.25. The zero-order chi connectivity index (χ0) is 12.6. The van der Waals surface area contributed by atoms with Gasteiger partial charge >= 0.3 is 0 Å². The quantitative estimate of drug-likeness (QED) is 0.577. The molecular formula is C11H22N2O3. The zero-order valence-corrected chi connectivity index (χ0v) is 10.3. The Kier molecular flexibility index (Phi) is 6.72. The van der Waals surface area contributed by atoms with E-state index >= 15 is 0 Å². The first-order valence-corrected chi connectivity index (χ1v) is 5.61. The molecule has 94 valence electrons. The number of nitrogens with one attached hydrogen (secondary N) is 2. The number of hydrogen-bond donors (Lipinski definition) is 3. The second-order valence-electron chi connectivity index (χ2n) is 4.05. The van der Waals surface area contributed by atoms with Crippen molar-refractivity contribution in [3.63, 3.8) is 0 Å². The van der Waals surface area contributed by atoms with E-state index in [2.05, 4.69) is 10.6 Å². The summed E-state index contributed by atoms with van der Waals surface area (Å²) < 4.78 is 0. The first kappa shape index (κ1) is 14.9. The van der Waals surface area contributed by atoms with E-state index in [4.69, 9.17) is 0 Å². The second-order valence-corrected chi connectivity index (χ2v) is 4.05. The van der Waals surface area contributed by atoms with Crippen LogP contribution in [0, 0.1) is 5.41 Å². The van der Waals surface area contributed by atoms with E-state index in [-0.39, 0.29) is 30.4 Å². The van der Waals surface area contributed by atoms with Gasteiger partial charge in [0, 0.05) is 18.9 Å². The van der Waals surface area contributed by atoms with Gasteiger partial charge in [-0.3, -0.25) is 9.59 Å². The summed E-state index contributed by atoms with van der Waals surface area (Å²) in [7, 11) is 0. The van der Waals surface area contributed by atoms with Crippen LogP contribution in [0.5, 0.6) is 0 Å². The number of amides is 2. The third-order valence-corrected chi connectivity index (χ3v) is 2.99. The van der Waals surface area contributed by atoms with Gasteiger partial charge in [0.05, 0.1) is 13.2 Å². The smallest absolute Gasteiger partial charge is 0.239 e. The molecule has 0 rings (SSSR count). The predicted molar refractivity (Wildman–Crippen MR) is 61.8 cm³/mol. The van der Waals surface area contributed by atoms with Crippen molar-refractivity contribution in [2.24, 2.45) is 5.41 Å². The SMILES string of the molecule is CCC(CC)(CO)CNC(=O)CNC(C)=O. The molecule has 16 heavy (non-hydrogen) atoms. The molecule has 0 unspecified atom stereocenters. The minimum atomic E-state index is -0.244. The summed E-state index contributed by atoms with van der Waals surface area (Å²) in [6.07, 6.45) is 1.61. The molecular weight excluding hydrogens is 208 g/mol. The molecule has 2 amide bonds. The summed E-state index contributed by atoms with van der Waals surface area (Å²) in [5.74, 6) is -0.454. The number of aliphatic hydroxyl groups is 1. The first-order valence-electron chi connectivity index (χ1n) is 5.61. The molecule has 5 nitrogen and oxygen atoms in total. The molecule has 0 atom stereocenters. The number of rotatable bonds is 7. The first-order chi connectivity index (χ1) is 7.49. The van der Waals surface area contributed by atoms with Gasteiger partial charge in [-0.15, -0.1) is 0 Å². The lowest BCUT2D eigenvalue weighted by Crippen LogP contribution is -2.43. The number of carbonyl (C=O) groups is 2. The minimum absolute atomic E-state index is 0.00965. The van der Waals surface area contributed by atoms with Crippen molar-refractivity contribution in [3.8, 4) is 0 Å². The molecule has 0 aliphatic rings. The summed E-state index contributed by atoms with van der Waals surface area (Å²) in [5, 5.41) is 14.4. The highest BCUT2D eigenvalue weighted by atomic mass is 16.3. The van der Waals surface area contributed by atoms with Crippen LogP contribution in [0.1, 0.15) is 33.6 Å². The topological polar surface area (TPSA) is 78.4 Å². The van der Waals surface area contributed by atoms with Gasteiger partial charge in [0.25, 0.3) is 0 Å². The standard InChI is InChI=1S/C11H22N2O3/c1-4-11(5-2,8-14)7-13-10(16)6-12-9(3)15/h14H,4-8H2,1-3H3,(H,12,15)(H,13,16). The highest BCUT2D eigenvalue weighted by Crippen LogP contribution is 2.24. The zero-order valence-electron chi connectivity index (χ0n) is 10.3. The lowest BCUT2D eigenvalue weighted by atomic mass is 9.83. The van der Waals surface area contributed by atoms with Gasteiger partial charge in [0.15, 0.2) is 0 Å². The molecule has 0 saturated heterocycles. The molecule has 0 aromatic carbocycles. The van der Waals surface area contributed by atoms with Gasteiger partial charge in [-0.1, -0.05) is 13.8 Å². The fourth-order valence-electron chi connectivity index (χ4n) is 1.33. The molecule has 0 aliphatic carbocycles. The lowest BCUT2D eigenvalue weighted by molar-refractivity contribution is -0.125. The van der Waals surface area contributed by atoms with Gasteiger partial charge in [-0.25, -0.2) is 0 Å². The monoisotopic (exact) mass is 230 g/mol. The fourth-order valence-corrected chi connectivity index (χ4v) is 1.33. The van der Waals surface area contributed by atoms with E-state index in [0.29, 0.717) is 6.54 Å². The minimum Gasteiger partial charge on any atom is -0.396 e. The summed E-state index contributed by atoms with van der Waals surface area (Å²) in [5.41, 5.74) is -0.244. The van der Waals surface area contributed by atoms with Gasteiger partial charge in [0.2, 0.25) is 11.8 Å². The molecule has 0 spiro atoms. The molecule has 0 heterocycles. The maximum atomic E-state index is 11.3. The Bertz CT molecular complexity index is 229. The average molecular weight is 230 g/mol. The van der Waals surface area contributed by atoms with E-state index in [0.717, 1.165) is 12.8 Å². The molecule has 3 N–H and O–H groups in total. The molecule has 0 fully saturated rings. The number of carbonyl (C=O) groups excluding carboxylic acids is 2. The Morgan fingerprint density at radius 1 is 1.19 bits per heavy atom.